The van der Waals surface area contributed by atoms with Crippen LogP contribution in [0, 0.1) is 0 Å². The number of nitrogens with zero attached hydrogens (tertiary/aromatic N) is 3. The highest BCUT2D eigenvalue weighted by molar-refractivity contribution is 7.99. The number of imidazole rings is 1. The number of hydrogen-bond acceptors (Lipinski definition) is 4. The first kappa shape index (κ1) is 16.6. The summed E-state index contributed by atoms with van der Waals surface area (Å²) < 4.78 is 1.95. The summed E-state index contributed by atoms with van der Waals surface area (Å²) in [5.41, 5.74) is 0.730. The van der Waals surface area contributed by atoms with E-state index in [1.165, 1.54) is 0 Å². The highest BCUT2D eigenvalue weighted by atomic mass is 32.2. The average molecular weight is 344 g/mol. The Morgan fingerprint density at radius 1 is 1.29 bits per heavy atom. The van der Waals surface area contributed by atoms with Crippen molar-refractivity contribution in [3.63, 3.8) is 0 Å². The fourth-order valence-corrected chi connectivity index (χ4v) is 3.37. The van der Waals surface area contributed by atoms with E-state index < -0.39 is 0 Å². The molecule has 1 saturated heterocycles. The van der Waals surface area contributed by atoms with Gasteiger partial charge in [0.05, 0.1) is 6.54 Å². The average Bonchev–Trinajstić information content (AvgIpc) is 2.96. The maximum absolute atomic E-state index is 12.1. The zero-order valence-electron chi connectivity index (χ0n) is 13.6. The Kier molecular flexibility index (Phi) is 5.20. The standard InChI is InChI=1S/C17H20N4O2S/c1-20-11-9-18-17(20)24-14-7-5-13(6-8-14)19-15(22)12-21-10-3-2-4-16(21)23/h5-9,11H,2-4,10,12H2,1H3,(H,19,22). The van der Waals surface area contributed by atoms with E-state index in [9.17, 15) is 9.59 Å². The highest BCUT2D eigenvalue weighted by Gasteiger charge is 2.20. The van der Waals surface area contributed by atoms with Crippen LogP contribution in [0.4, 0.5) is 5.69 Å². The van der Waals surface area contributed by atoms with E-state index in [4.69, 9.17) is 0 Å². The van der Waals surface area contributed by atoms with Crippen LogP contribution in [0.3, 0.4) is 0 Å². The van der Waals surface area contributed by atoms with E-state index >= 15 is 0 Å². The van der Waals surface area contributed by atoms with Gasteiger partial charge in [-0.2, -0.15) is 0 Å². The molecule has 1 aromatic carbocycles. The van der Waals surface area contributed by atoms with Crippen LogP contribution in [0.2, 0.25) is 0 Å². The number of carbonyl (C=O) groups is 2. The monoisotopic (exact) mass is 344 g/mol. The molecule has 6 nitrogen and oxygen atoms in total. The van der Waals surface area contributed by atoms with Gasteiger partial charge >= 0.3 is 0 Å². The summed E-state index contributed by atoms with van der Waals surface area (Å²) in [6.07, 6.45) is 6.11. The van der Waals surface area contributed by atoms with Crippen LogP contribution >= 0.6 is 11.8 Å². The molecule has 1 aromatic heterocycles. The fraction of sp³-hybridized carbons (Fsp3) is 0.353. The summed E-state index contributed by atoms with van der Waals surface area (Å²) in [6, 6.07) is 7.62. The molecule has 2 amide bonds. The molecule has 0 unspecified atom stereocenters. The molecule has 0 radical (unpaired) electrons. The van der Waals surface area contributed by atoms with E-state index in [1.807, 2.05) is 42.1 Å². The zero-order chi connectivity index (χ0) is 16.9. The first-order valence-electron chi connectivity index (χ1n) is 7.95. The summed E-state index contributed by atoms with van der Waals surface area (Å²) in [4.78, 5) is 30.8. The van der Waals surface area contributed by atoms with Crippen LogP contribution in [0.15, 0.2) is 46.7 Å². The number of carbonyl (C=O) groups excluding carboxylic acids is 2. The van der Waals surface area contributed by atoms with Crippen LogP contribution in [-0.2, 0) is 16.6 Å². The minimum atomic E-state index is -0.158. The van der Waals surface area contributed by atoms with Gasteiger partial charge in [0.1, 0.15) is 0 Å². The van der Waals surface area contributed by atoms with Gasteiger partial charge in [0.2, 0.25) is 11.8 Å². The summed E-state index contributed by atoms with van der Waals surface area (Å²) in [5, 5.41) is 3.76. The van der Waals surface area contributed by atoms with E-state index in [0.29, 0.717) is 13.0 Å². The molecule has 1 fully saturated rings. The van der Waals surface area contributed by atoms with Crippen molar-refractivity contribution >= 4 is 29.3 Å². The van der Waals surface area contributed by atoms with Crippen LogP contribution in [0.1, 0.15) is 19.3 Å². The smallest absolute Gasteiger partial charge is 0.243 e. The lowest BCUT2D eigenvalue weighted by Gasteiger charge is -2.25. The molecular weight excluding hydrogens is 324 g/mol. The van der Waals surface area contributed by atoms with E-state index in [2.05, 4.69) is 10.3 Å². The van der Waals surface area contributed by atoms with Gasteiger partial charge in [0.25, 0.3) is 0 Å². The maximum atomic E-state index is 12.1. The lowest BCUT2D eigenvalue weighted by molar-refractivity contribution is -0.136. The van der Waals surface area contributed by atoms with Gasteiger partial charge < -0.3 is 14.8 Å². The lowest BCUT2D eigenvalue weighted by Crippen LogP contribution is -2.40. The Morgan fingerprint density at radius 2 is 2.08 bits per heavy atom. The van der Waals surface area contributed by atoms with Gasteiger partial charge in [0.15, 0.2) is 5.16 Å². The quantitative estimate of drug-likeness (QED) is 0.905. The zero-order valence-corrected chi connectivity index (χ0v) is 14.4. The summed E-state index contributed by atoms with van der Waals surface area (Å²) >= 11 is 1.56. The lowest BCUT2D eigenvalue weighted by atomic mass is 10.1. The van der Waals surface area contributed by atoms with Gasteiger partial charge in [-0.25, -0.2) is 4.98 Å². The second-order valence-electron chi connectivity index (χ2n) is 5.77. The molecule has 2 heterocycles. The Hall–Kier alpha value is -2.28. The van der Waals surface area contributed by atoms with Gasteiger partial charge in [-0.3, -0.25) is 9.59 Å². The third-order valence-corrected chi connectivity index (χ3v) is 4.96. The van der Waals surface area contributed by atoms with Gasteiger partial charge in [0, 0.05) is 43.0 Å². The normalized spacial score (nSPS) is 14.7. The van der Waals surface area contributed by atoms with Crippen LogP contribution in [0.5, 0.6) is 0 Å². The molecule has 2 aromatic rings. The fourth-order valence-electron chi connectivity index (χ4n) is 2.56. The minimum Gasteiger partial charge on any atom is -0.333 e. The number of aryl methyl sites for hydroxylation is 1. The number of anilines is 1. The van der Waals surface area contributed by atoms with Crippen molar-refractivity contribution in [3.8, 4) is 0 Å². The number of hydrogen-bond donors (Lipinski definition) is 1. The molecule has 126 valence electrons. The molecule has 7 heteroatoms. The third kappa shape index (κ3) is 4.17. The highest BCUT2D eigenvalue weighted by Crippen LogP contribution is 2.26. The molecule has 0 bridgehead atoms. The Labute approximate surface area is 145 Å². The summed E-state index contributed by atoms with van der Waals surface area (Å²) in [6.45, 7) is 0.800. The topological polar surface area (TPSA) is 67.2 Å². The van der Waals surface area contributed by atoms with Crippen LogP contribution in [0.25, 0.3) is 0 Å². The molecule has 0 atom stereocenters. The first-order valence-corrected chi connectivity index (χ1v) is 8.76. The molecule has 24 heavy (non-hydrogen) atoms. The number of aromatic nitrogens is 2. The van der Waals surface area contributed by atoms with Crippen molar-refractivity contribution in [2.24, 2.45) is 7.05 Å². The Balaban J connectivity index is 1.54. The van der Waals surface area contributed by atoms with Crippen LogP contribution in [-0.4, -0.2) is 39.4 Å². The van der Waals surface area contributed by atoms with Crippen molar-refractivity contribution in [1.82, 2.24) is 14.5 Å². The van der Waals surface area contributed by atoms with Crippen molar-refractivity contribution in [1.29, 1.82) is 0 Å². The second-order valence-corrected chi connectivity index (χ2v) is 6.81. The maximum Gasteiger partial charge on any atom is 0.243 e. The Bertz CT molecular complexity index is 726. The number of piperidine rings is 1. The molecule has 0 saturated carbocycles. The minimum absolute atomic E-state index is 0.0678. The van der Waals surface area contributed by atoms with Gasteiger partial charge in [-0.15, -0.1) is 0 Å². The number of rotatable bonds is 5. The first-order chi connectivity index (χ1) is 11.6. The molecule has 1 aliphatic rings. The number of amides is 2. The largest absolute Gasteiger partial charge is 0.333 e. The second kappa shape index (κ2) is 7.53. The summed E-state index contributed by atoms with van der Waals surface area (Å²) in [5.74, 6) is -0.0898. The summed E-state index contributed by atoms with van der Waals surface area (Å²) in [7, 11) is 1.95. The van der Waals surface area contributed by atoms with E-state index in [1.54, 1.807) is 22.9 Å². The van der Waals surface area contributed by atoms with E-state index in [0.717, 1.165) is 28.6 Å². The van der Waals surface area contributed by atoms with Crippen molar-refractivity contribution < 1.29 is 9.59 Å². The van der Waals surface area contributed by atoms with Gasteiger partial charge in [-0.05, 0) is 37.1 Å². The number of benzene rings is 1. The van der Waals surface area contributed by atoms with Crippen molar-refractivity contribution in [2.45, 2.75) is 29.3 Å². The molecule has 0 aliphatic carbocycles. The molecule has 0 spiro atoms. The molecular formula is C17H20N4O2S. The SMILES string of the molecule is Cn1ccnc1Sc1ccc(NC(=O)CN2CCCCC2=O)cc1. The third-order valence-electron chi connectivity index (χ3n) is 3.88. The molecule has 1 N–H and O–H groups in total. The Morgan fingerprint density at radius 3 is 2.75 bits per heavy atom. The molecule has 1 aliphatic heterocycles. The van der Waals surface area contributed by atoms with Crippen LogP contribution < -0.4 is 5.32 Å². The molecule has 3 rings (SSSR count). The van der Waals surface area contributed by atoms with Crippen molar-refractivity contribution in [2.75, 3.05) is 18.4 Å². The predicted octanol–water partition coefficient (Wildman–Crippen LogP) is 2.52. The van der Waals surface area contributed by atoms with E-state index in [-0.39, 0.29) is 18.4 Å². The van der Waals surface area contributed by atoms with Gasteiger partial charge in [-0.1, -0.05) is 11.8 Å². The number of nitrogens with one attached hydrogen (secondary N) is 1. The number of likely N-dealkylation sites (tertiary alicyclic amines) is 1. The van der Waals surface area contributed by atoms with Crippen molar-refractivity contribution in [3.05, 3.63) is 36.7 Å². The predicted molar refractivity (Wildman–Crippen MR) is 92.8 cm³/mol.